The number of hydrogen-bond acceptors (Lipinski definition) is 5. The van der Waals surface area contributed by atoms with Gasteiger partial charge in [0.25, 0.3) is 0 Å². The number of esters is 2. The first-order chi connectivity index (χ1) is 13.4. The molecule has 0 aliphatic heterocycles. The number of benzene rings is 2. The molecule has 148 valence electrons. The Bertz CT molecular complexity index is 896. The van der Waals surface area contributed by atoms with E-state index in [1.807, 2.05) is 32.0 Å². The van der Waals surface area contributed by atoms with Gasteiger partial charge in [-0.25, -0.2) is 9.59 Å². The molecule has 6 nitrogen and oxygen atoms in total. The Kier molecular flexibility index (Phi) is 7.52. The highest BCUT2D eigenvalue weighted by molar-refractivity contribution is 7.80. The van der Waals surface area contributed by atoms with E-state index < -0.39 is 11.9 Å². The van der Waals surface area contributed by atoms with Crippen molar-refractivity contribution < 1.29 is 19.1 Å². The monoisotopic (exact) mass is 400 g/mol. The van der Waals surface area contributed by atoms with Crippen LogP contribution in [0.2, 0.25) is 0 Å². The highest BCUT2D eigenvalue weighted by atomic mass is 32.1. The number of nitrogens with one attached hydrogen (secondary N) is 2. The number of thiocarbonyl (C=S) groups is 1. The predicted molar refractivity (Wildman–Crippen MR) is 114 cm³/mol. The Balaban J connectivity index is 2.30. The highest BCUT2D eigenvalue weighted by Gasteiger charge is 2.17. The molecule has 0 spiro atoms. The molecule has 0 aromatic heterocycles. The van der Waals surface area contributed by atoms with Crippen molar-refractivity contribution >= 4 is 40.6 Å². The number of anilines is 2. The minimum atomic E-state index is -0.505. The molecule has 0 atom stereocenters. The van der Waals surface area contributed by atoms with E-state index in [-0.39, 0.29) is 18.8 Å². The van der Waals surface area contributed by atoms with Crippen molar-refractivity contribution in [2.24, 2.45) is 0 Å². The molecule has 28 heavy (non-hydrogen) atoms. The van der Waals surface area contributed by atoms with Crippen molar-refractivity contribution in [2.45, 2.75) is 27.7 Å². The molecule has 0 amide bonds. The summed E-state index contributed by atoms with van der Waals surface area (Å²) >= 11 is 5.40. The minimum Gasteiger partial charge on any atom is -0.462 e. The highest BCUT2D eigenvalue weighted by Crippen LogP contribution is 2.22. The number of carbonyl (C=O) groups is 2. The Morgan fingerprint density at radius 3 is 2.25 bits per heavy atom. The fourth-order valence-electron chi connectivity index (χ4n) is 2.54. The number of hydrogen-bond donors (Lipinski definition) is 2. The lowest BCUT2D eigenvalue weighted by atomic mass is 10.1. The molecular weight excluding hydrogens is 376 g/mol. The first-order valence-electron chi connectivity index (χ1n) is 8.99. The topological polar surface area (TPSA) is 76.7 Å². The van der Waals surface area contributed by atoms with Crippen molar-refractivity contribution in [3.05, 3.63) is 58.7 Å². The van der Waals surface area contributed by atoms with Gasteiger partial charge >= 0.3 is 11.9 Å². The van der Waals surface area contributed by atoms with Gasteiger partial charge < -0.3 is 20.1 Å². The average molecular weight is 401 g/mol. The third kappa shape index (κ3) is 5.29. The molecule has 2 rings (SSSR count). The lowest BCUT2D eigenvalue weighted by Gasteiger charge is -2.16. The molecule has 0 heterocycles. The van der Waals surface area contributed by atoms with Crippen LogP contribution in [0.4, 0.5) is 11.4 Å². The van der Waals surface area contributed by atoms with E-state index in [1.54, 1.807) is 13.8 Å². The number of rotatable bonds is 6. The molecule has 0 saturated heterocycles. The standard InChI is InChI=1S/C21H24N2O4S/c1-5-26-19(24)15-10-11-16(20(25)27-6-2)18(12-15)23-21(28)22-17-9-7-8-13(3)14(17)4/h7-12H,5-6H2,1-4H3,(H2,22,23,28). The minimum absolute atomic E-state index is 0.239. The molecule has 2 aromatic carbocycles. The summed E-state index contributed by atoms with van der Waals surface area (Å²) in [4.78, 5) is 24.3. The van der Waals surface area contributed by atoms with Gasteiger partial charge in [0.2, 0.25) is 0 Å². The fraction of sp³-hybridized carbons (Fsp3) is 0.286. The lowest BCUT2D eigenvalue weighted by Crippen LogP contribution is -2.22. The van der Waals surface area contributed by atoms with E-state index in [0.717, 1.165) is 16.8 Å². The van der Waals surface area contributed by atoms with Crippen molar-refractivity contribution in [3.8, 4) is 0 Å². The van der Waals surface area contributed by atoms with Gasteiger partial charge in [0.1, 0.15) is 0 Å². The zero-order valence-electron chi connectivity index (χ0n) is 16.4. The van der Waals surface area contributed by atoms with Crippen LogP contribution < -0.4 is 10.6 Å². The molecule has 0 aliphatic carbocycles. The fourth-order valence-corrected chi connectivity index (χ4v) is 2.76. The molecule has 2 aromatic rings. The van der Waals surface area contributed by atoms with Crippen LogP contribution in [0.1, 0.15) is 45.7 Å². The molecule has 7 heteroatoms. The van der Waals surface area contributed by atoms with E-state index in [1.165, 1.54) is 18.2 Å². The summed E-state index contributed by atoms with van der Waals surface area (Å²) in [6.45, 7) is 7.96. The first kappa shape index (κ1) is 21.4. The SMILES string of the molecule is CCOC(=O)c1ccc(C(=O)OCC)c(NC(=S)Nc2cccc(C)c2C)c1. The molecule has 0 fully saturated rings. The van der Waals surface area contributed by atoms with Crippen molar-refractivity contribution in [1.29, 1.82) is 0 Å². The van der Waals surface area contributed by atoms with E-state index in [4.69, 9.17) is 21.7 Å². The largest absolute Gasteiger partial charge is 0.462 e. The number of aryl methyl sites for hydroxylation is 1. The van der Waals surface area contributed by atoms with Crippen LogP contribution in [-0.2, 0) is 9.47 Å². The maximum Gasteiger partial charge on any atom is 0.340 e. The summed E-state index contributed by atoms with van der Waals surface area (Å²) in [5.41, 5.74) is 4.01. The average Bonchev–Trinajstić information content (AvgIpc) is 2.65. The van der Waals surface area contributed by atoms with Crippen LogP contribution in [0.15, 0.2) is 36.4 Å². The molecule has 0 saturated carbocycles. The second-order valence-electron chi connectivity index (χ2n) is 6.03. The zero-order chi connectivity index (χ0) is 20.7. The summed E-state index contributed by atoms with van der Waals surface area (Å²) in [7, 11) is 0. The lowest BCUT2D eigenvalue weighted by molar-refractivity contribution is 0.0512. The van der Waals surface area contributed by atoms with E-state index in [0.29, 0.717) is 16.4 Å². The molecule has 0 unspecified atom stereocenters. The van der Waals surface area contributed by atoms with Gasteiger partial charge in [-0.2, -0.15) is 0 Å². The number of ether oxygens (including phenoxy) is 2. The van der Waals surface area contributed by atoms with Gasteiger partial charge in [-0.15, -0.1) is 0 Å². The second kappa shape index (κ2) is 9.85. The van der Waals surface area contributed by atoms with Gasteiger partial charge in [0.15, 0.2) is 5.11 Å². The Morgan fingerprint density at radius 1 is 0.929 bits per heavy atom. The van der Waals surface area contributed by atoms with Crippen molar-refractivity contribution in [2.75, 3.05) is 23.8 Å². The van der Waals surface area contributed by atoms with Crippen molar-refractivity contribution in [1.82, 2.24) is 0 Å². The van der Waals surface area contributed by atoms with Crippen LogP contribution in [0.25, 0.3) is 0 Å². The van der Waals surface area contributed by atoms with Gasteiger partial charge in [0.05, 0.1) is 30.0 Å². The third-order valence-electron chi connectivity index (χ3n) is 4.13. The van der Waals surface area contributed by atoms with Crippen LogP contribution >= 0.6 is 12.2 Å². The van der Waals surface area contributed by atoms with Crippen LogP contribution in [-0.4, -0.2) is 30.3 Å². The molecule has 2 N–H and O–H groups in total. The van der Waals surface area contributed by atoms with Crippen LogP contribution in [0.5, 0.6) is 0 Å². The van der Waals surface area contributed by atoms with Crippen LogP contribution in [0, 0.1) is 13.8 Å². The van der Waals surface area contributed by atoms with Crippen LogP contribution in [0.3, 0.4) is 0 Å². The molecule has 0 aliphatic rings. The zero-order valence-corrected chi connectivity index (χ0v) is 17.2. The predicted octanol–water partition coefficient (Wildman–Crippen LogP) is 4.47. The molecular formula is C21H24N2O4S. The quantitative estimate of drug-likeness (QED) is 0.547. The normalized spacial score (nSPS) is 10.1. The maximum absolute atomic E-state index is 12.3. The van der Waals surface area contributed by atoms with Gasteiger partial charge in [-0.1, -0.05) is 12.1 Å². The van der Waals surface area contributed by atoms with Crippen molar-refractivity contribution in [3.63, 3.8) is 0 Å². The summed E-state index contributed by atoms with van der Waals surface area (Å²) in [5.74, 6) is -0.982. The first-order valence-corrected chi connectivity index (χ1v) is 9.40. The van der Waals surface area contributed by atoms with Gasteiger partial charge in [0, 0.05) is 5.69 Å². The summed E-state index contributed by atoms with van der Waals surface area (Å²) in [6, 6.07) is 10.4. The van der Waals surface area contributed by atoms with E-state index in [2.05, 4.69) is 10.6 Å². The van der Waals surface area contributed by atoms with E-state index in [9.17, 15) is 9.59 Å². The summed E-state index contributed by atoms with van der Waals surface area (Å²) < 4.78 is 10.1. The Labute approximate surface area is 170 Å². The van der Waals surface area contributed by atoms with Gasteiger partial charge in [-0.3, -0.25) is 0 Å². The Morgan fingerprint density at radius 2 is 1.57 bits per heavy atom. The third-order valence-corrected chi connectivity index (χ3v) is 4.33. The summed E-state index contributed by atoms with van der Waals surface area (Å²) in [5, 5.41) is 6.41. The van der Waals surface area contributed by atoms with E-state index >= 15 is 0 Å². The molecule has 0 radical (unpaired) electrons. The number of carbonyl (C=O) groups excluding carboxylic acids is 2. The summed E-state index contributed by atoms with van der Waals surface area (Å²) in [6.07, 6.45) is 0. The molecule has 0 bridgehead atoms. The maximum atomic E-state index is 12.3. The van der Waals surface area contributed by atoms with Gasteiger partial charge in [-0.05, 0) is 75.3 Å². The Hall–Kier alpha value is -2.93. The smallest absolute Gasteiger partial charge is 0.340 e. The second-order valence-corrected chi connectivity index (χ2v) is 6.44.